The standard InChI is InChI=1S/C14H17N3/c1-17-8-4-6-12(17)9-14-15-10-11-5-2-3-7-13(11)16-14/h2-3,5,7,10,12H,4,6,8-9H2,1H3. The van der Waals surface area contributed by atoms with E-state index >= 15 is 0 Å². The van der Waals surface area contributed by atoms with Crippen LogP contribution in [0.3, 0.4) is 0 Å². The third kappa shape index (κ3) is 2.15. The van der Waals surface area contributed by atoms with Crippen molar-refractivity contribution in [3.8, 4) is 0 Å². The Labute approximate surface area is 101 Å². The molecule has 1 aromatic heterocycles. The van der Waals surface area contributed by atoms with E-state index in [2.05, 4.69) is 34.0 Å². The minimum Gasteiger partial charge on any atom is -0.303 e. The van der Waals surface area contributed by atoms with Gasteiger partial charge in [-0.2, -0.15) is 0 Å². The van der Waals surface area contributed by atoms with Gasteiger partial charge in [0.2, 0.25) is 0 Å². The normalized spacial score (nSPS) is 21.1. The molecule has 1 atom stereocenters. The first kappa shape index (κ1) is 10.7. The van der Waals surface area contributed by atoms with Gasteiger partial charge in [0, 0.05) is 24.0 Å². The van der Waals surface area contributed by atoms with Crippen LogP contribution in [-0.2, 0) is 6.42 Å². The monoisotopic (exact) mass is 227 g/mol. The fourth-order valence-electron chi connectivity index (χ4n) is 2.56. The number of likely N-dealkylation sites (N-methyl/N-ethyl adjacent to an activating group) is 1. The van der Waals surface area contributed by atoms with Crippen molar-refractivity contribution in [2.45, 2.75) is 25.3 Å². The Morgan fingerprint density at radius 1 is 1.35 bits per heavy atom. The van der Waals surface area contributed by atoms with Crippen molar-refractivity contribution >= 4 is 10.9 Å². The van der Waals surface area contributed by atoms with Gasteiger partial charge >= 0.3 is 0 Å². The molecule has 0 amide bonds. The lowest BCUT2D eigenvalue weighted by molar-refractivity contribution is 0.306. The Kier molecular flexibility index (Phi) is 2.77. The summed E-state index contributed by atoms with van der Waals surface area (Å²) in [5.41, 5.74) is 1.05. The highest BCUT2D eigenvalue weighted by Gasteiger charge is 2.21. The molecule has 0 aliphatic carbocycles. The van der Waals surface area contributed by atoms with Gasteiger partial charge in [-0.3, -0.25) is 0 Å². The van der Waals surface area contributed by atoms with Gasteiger partial charge < -0.3 is 4.90 Å². The van der Waals surface area contributed by atoms with Crippen molar-refractivity contribution in [3.05, 3.63) is 36.3 Å². The van der Waals surface area contributed by atoms with Crippen LogP contribution in [0, 0.1) is 0 Å². The smallest absolute Gasteiger partial charge is 0.130 e. The molecule has 17 heavy (non-hydrogen) atoms. The zero-order valence-electron chi connectivity index (χ0n) is 10.1. The van der Waals surface area contributed by atoms with Gasteiger partial charge in [0.25, 0.3) is 0 Å². The largest absolute Gasteiger partial charge is 0.303 e. The minimum atomic E-state index is 0.621. The highest BCUT2D eigenvalue weighted by molar-refractivity contribution is 5.77. The molecule has 1 saturated heterocycles. The SMILES string of the molecule is CN1CCCC1Cc1ncc2ccccc2n1. The van der Waals surface area contributed by atoms with Gasteiger partial charge in [0.1, 0.15) is 5.82 Å². The third-order valence-electron chi connectivity index (χ3n) is 3.63. The van der Waals surface area contributed by atoms with Crippen LogP contribution in [0.2, 0.25) is 0 Å². The van der Waals surface area contributed by atoms with E-state index in [4.69, 9.17) is 0 Å². The van der Waals surface area contributed by atoms with E-state index < -0.39 is 0 Å². The molecule has 0 bridgehead atoms. The number of para-hydroxylation sites is 1. The van der Waals surface area contributed by atoms with Crippen LogP contribution in [0.1, 0.15) is 18.7 Å². The Balaban J connectivity index is 1.85. The maximum atomic E-state index is 4.64. The van der Waals surface area contributed by atoms with Gasteiger partial charge in [-0.25, -0.2) is 9.97 Å². The molecule has 2 aromatic rings. The lowest BCUT2D eigenvalue weighted by Gasteiger charge is -2.18. The number of fused-ring (bicyclic) bond motifs is 1. The van der Waals surface area contributed by atoms with Gasteiger partial charge in [0.15, 0.2) is 0 Å². The molecular weight excluding hydrogens is 210 g/mol. The van der Waals surface area contributed by atoms with Crippen LogP contribution >= 0.6 is 0 Å². The molecule has 3 rings (SSSR count). The summed E-state index contributed by atoms with van der Waals surface area (Å²) in [5.74, 6) is 0.974. The summed E-state index contributed by atoms with van der Waals surface area (Å²) < 4.78 is 0. The van der Waals surface area contributed by atoms with E-state index in [1.54, 1.807) is 0 Å². The zero-order valence-corrected chi connectivity index (χ0v) is 10.1. The number of aromatic nitrogens is 2. The second-order valence-corrected chi connectivity index (χ2v) is 4.83. The quantitative estimate of drug-likeness (QED) is 0.788. The molecule has 1 fully saturated rings. The summed E-state index contributed by atoms with van der Waals surface area (Å²) in [6, 6.07) is 8.78. The van der Waals surface area contributed by atoms with E-state index in [0.29, 0.717) is 6.04 Å². The topological polar surface area (TPSA) is 29.0 Å². The van der Waals surface area contributed by atoms with Gasteiger partial charge in [0.05, 0.1) is 5.52 Å². The van der Waals surface area contributed by atoms with Crippen LogP contribution in [0.15, 0.2) is 30.5 Å². The fourth-order valence-corrected chi connectivity index (χ4v) is 2.56. The average Bonchev–Trinajstić information content (AvgIpc) is 2.75. The predicted octanol–water partition coefficient (Wildman–Crippen LogP) is 2.27. The Bertz CT molecular complexity index is 524. The molecule has 1 aromatic carbocycles. The minimum absolute atomic E-state index is 0.621. The summed E-state index contributed by atoms with van der Waals surface area (Å²) >= 11 is 0. The lowest BCUT2D eigenvalue weighted by atomic mass is 10.1. The number of nitrogens with zero attached hydrogens (tertiary/aromatic N) is 3. The highest BCUT2D eigenvalue weighted by atomic mass is 15.1. The molecule has 0 saturated carbocycles. The number of hydrogen-bond acceptors (Lipinski definition) is 3. The maximum Gasteiger partial charge on any atom is 0.130 e. The number of benzene rings is 1. The highest BCUT2D eigenvalue weighted by Crippen LogP contribution is 2.18. The summed E-state index contributed by atoms with van der Waals surface area (Å²) in [5, 5.41) is 1.12. The van der Waals surface area contributed by atoms with Crippen molar-refractivity contribution < 1.29 is 0 Å². The fraction of sp³-hybridized carbons (Fsp3) is 0.429. The van der Waals surface area contributed by atoms with Crippen molar-refractivity contribution in [1.29, 1.82) is 0 Å². The molecule has 3 nitrogen and oxygen atoms in total. The second-order valence-electron chi connectivity index (χ2n) is 4.83. The Morgan fingerprint density at radius 2 is 2.24 bits per heavy atom. The van der Waals surface area contributed by atoms with E-state index in [-0.39, 0.29) is 0 Å². The molecular formula is C14H17N3. The van der Waals surface area contributed by atoms with Crippen LogP contribution in [0.5, 0.6) is 0 Å². The first-order chi connectivity index (χ1) is 8.33. The lowest BCUT2D eigenvalue weighted by Crippen LogP contribution is -2.27. The zero-order chi connectivity index (χ0) is 11.7. The van der Waals surface area contributed by atoms with Crippen LogP contribution in [-0.4, -0.2) is 34.5 Å². The molecule has 1 aliphatic heterocycles. The molecule has 3 heteroatoms. The van der Waals surface area contributed by atoms with Crippen molar-refractivity contribution in [2.75, 3.05) is 13.6 Å². The summed E-state index contributed by atoms with van der Waals surface area (Å²) in [6.45, 7) is 1.21. The first-order valence-corrected chi connectivity index (χ1v) is 6.24. The van der Waals surface area contributed by atoms with Crippen molar-refractivity contribution in [3.63, 3.8) is 0 Å². The molecule has 1 unspecified atom stereocenters. The first-order valence-electron chi connectivity index (χ1n) is 6.24. The number of likely N-dealkylation sites (tertiary alicyclic amines) is 1. The number of hydrogen-bond donors (Lipinski definition) is 0. The van der Waals surface area contributed by atoms with E-state index in [1.807, 2.05) is 18.3 Å². The van der Waals surface area contributed by atoms with Gasteiger partial charge in [-0.1, -0.05) is 18.2 Å². The predicted molar refractivity (Wildman–Crippen MR) is 68.9 cm³/mol. The summed E-state index contributed by atoms with van der Waals surface area (Å²) in [6.07, 6.45) is 5.48. The van der Waals surface area contributed by atoms with Crippen LogP contribution < -0.4 is 0 Å². The van der Waals surface area contributed by atoms with Crippen molar-refractivity contribution in [1.82, 2.24) is 14.9 Å². The Hall–Kier alpha value is -1.48. The molecule has 0 radical (unpaired) electrons. The Morgan fingerprint density at radius 3 is 3.06 bits per heavy atom. The van der Waals surface area contributed by atoms with Crippen LogP contribution in [0.4, 0.5) is 0 Å². The van der Waals surface area contributed by atoms with E-state index in [9.17, 15) is 0 Å². The van der Waals surface area contributed by atoms with E-state index in [1.165, 1.54) is 19.4 Å². The molecule has 88 valence electrons. The van der Waals surface area contributed by atoms with Crippen molar-refractivity contribution in [2.24, 2.45) is 0 Å². The summed E-state index contributed by atoms with van der Waals surface area (Å²) in [7, 11) is 2.19. The molecule has 1 aliphatic rings. The average molecular weight is 227 g/mol. The molecule has 2 heterocycles. The van der Waals surface area contributed by atoms with Gasteiger partial charge in [-0.15, -0.1) is 0 Å². The molecule has 0 N–H and O–H groups in total. The van der Waals surface area contributed by atoms with E-state index in [0.717, 1.165) is 23.1 Å². The summed E-state index contributed by atoms with van der Waals surface area (Å²) in [4.78, 5) is 11.5. The van der Waals surface area contributed by atoms with Crippen LogP contribution in [0.25, 0.3) is 10.9 Å². The van der Waals surface area contributed by atoms with Gasteiger partial charge in [-0.05, 0) is 32.5 Å². The third-order valence-corrected chi connectivity index (χ3v) is 3.63. The maximum absolute atomic E-state index is 4.64. The molecule has 0 spiro atoms. The number of rotatable bonds is 2. The second kappa shape index (κ2) is 4.41.